The van der Waals surface area contributed by atoms with Crippen molar-refractivity contribution in [3.05, 3.63) is 65.2 Å². The molecule has 142 valence electrons. The number of Topliss-reactive ketones (excluding diaryl/α,β-unsaturated/α-hetero) is 1. The molecule has 0 saturated carbocycles. The second-order valence-corrected chi connectivity index (χ2v) is 7.23. The standard InChI is InChI=1S/C23H27NO3/c1-17-3-8-19(9-4-17)23(26)20-13-15-24(16-14-20)22(25)12-7-18-5-10-21(27-2)11-6-18/h3-6,8-11,20H,7,12-16H2,1-2H3. The largest absolute Gasteiger partial charge is 0.497 e. The molecule has 0 atom stereocenters. The lowest BCUT2D eigenvalue weighted by Crippen LogP contribution is -2.40. The van der Waals surface area contributed by atoms with Crippen LogP contribution in [0.3, 0.4) is 0 Å². The molecule has 1 aliphatic rings. The zero-order valence-electron chi connectivity index (χ0n) is 16.1. The van der Waals surface area contributed by atoms with Crippen molar-refractivity contribution in [2.45, 2.75) is 32.6 Å². The number of aryl methyl sites for hydroxylation is 2. The first-order chi connectivity index (χ1) is 13.1. The Morgan fingerprint density at radius 2 is 1.63 bits per heavy atom. The third-order valence-electron chi connectivity index (χ3n) is 5.34. The van der Waals surface area contributed by atoms with Crippen LogP contribution in [0.25, 0.3) is 0 Å². The maximum atomic E-state index is 12.6. The Kier molecular flexibility index (Phi) is 6.28. The van der Waals surface area contributed by atoms with E-state index in [4.69, 9.17) is 4.74 Å². The van der Waals surface area contributed by atoms with E-state index < -0.39 is 0 Å². The minimum atomic E-state index is 0.0262. The van der Waals surface area contributed by atoms with E-state index in [-0.39, 0.29) is 17.6 Å². The van der Waals surface area contributed by atoms with Gasteiger partial charge in [-0.25, -0.2) is 0 Å². The van der Waals surface area contributed by atoms with Crippen LogP contribution in [0.1, 0.15) is 40.7 Å². The Bertz CT molecular complexity index is 772. The van der Waals surface area contributed by atoms with Crippen LogP contribution in [0.4, 0.5) is 0 Å². The molecule has 4 nitrogen and oxygen atoms in total. The summed E-state index contributed by atoms with van der Waals surface area (Å²) in [4.78, 5) is 27.0. The Morgan fingerprint density at radius 3 is 2.22 bits per heavy atom. The van der Waals surface area contributed by atoms with Crippen LogP contribution >= 0.6 is 0 Å². The molecule has 0 aromatic heterocycles. The highest BCUT2D eigenvalue weighted by molar-refractivity contribution is 5.98. The van der Waals surface area contributed by atoms with E-state index in [0.29, 0.717) is 19.5 Å². The molecular formula is C23H27NO3. The zero-order valence-corrected chi connectivity index (χ0v) is 16.1. The van der Waals surface area contributed by atoms with Gasteiger partial charge in [0.2, 0.25) is 5.91 Å². The van der Waals surface area contributed by atoms with Crippen molar-refractivity contribution >= 4 is 11.7 Å². The molecule has 0 unspecified atom stereocenters. The van der Waals surface area contributed by atoms with Crippen molar-refractivity contribution in [3.8, 4) is 5.75 Å². The Morgan fingerprint density at radius 1 is 1.00 bits per heavy atom. The van der Waals surface area contributed by atoms with Gasteiger partial charge in [-0.05, 0) is 43.9 Å². The molecule has 2 aromatic carbocycles. The number of nitrogens with zero attached hydrogens (tertiary/aromatic N) is 1. The van der Waals surface area contributed by atoms with Gasteiger partial charge >= 0.3 is 0 Å². The highest BCUT2D eigenvalue weighted by Gasteiger charge is 2.27. The van der Waals surface area contributed by atoms with Crippen LogP contribution in [0.2, 0.25) is 0 Å². The number of amides is 1. The fourth-order valence-electron chi connectivity index (χ4n) is 3.55. The van der Waals surface area contributed by atoms with Crippen molar-refractivity contribution in [2.24, 2.45) is 5.92 Å². The van der Waals surface area contributed by atoms with E-state index in [2.05, 4.69) is 0 Å². The van der Waals surface area contributed by atoms with E-state index in [9.17, 15) is 9.59 Å². The summed E-state index contributed by atoms with van der Waals surface area (Å²) in [5.41, 5.74) is 3.07. The summed E-state index contributed by atoms with van der Waals surface area (Å²) >= 11 is 0. The highest BCUT2D eigenvalue weighted by Crippen LogP contribution is 2.23. The van der Waals surface area contributed by atoms with Gasteiger partial charge in [-0.2, -0.15) is 0 Å². The molecule has 1 amide bonds. The lowest BCUT2D eigenvalue weighted by atomic mass is 9.88. The van der Waals surface area contributed by atoms with E-state index in [1.54, 1.807) is 7.11 Å². The van der Waals surface area contributed by atoms with Gasteiger partial charge in [0.15, 0.2) is 5.78 Å². The smallest absolute Gasteiger partial charge is 0.222 e. The Balaban J connectivity index is 1.47. The van der Waals surface area contributed by atoms with Gasteiger partial charge in [0.25, 0.3) is 0 Å². The van der Waals surface area contributed by atoms with Crippen molar-refractivity contribution < 1.29 is 14.3 Å². The lowest BCUT2D eigenvalue weighted by Gasteiger charge is -2.31. The molecule has 27 heavy (non-hydrogen) atoms. The molecule has 0 aliphatic carbocycles. The van der Waals surface area contributed by atoms with Crippen molar-refractivity contribution in [2.75, 3.05) is 20.2 Å². The third-order valence-corrected chi connectivity index (χ3v) is 5.34. The first-order valence-electron chi connectivity index (χ1n) is 9.58. The van der Waals surface area contributed by atoms with Crippen molar-refractivity contribution in [1.29, 1.82) is 0 Å². The monoisotopic (exact) mass is 365 g/mol. The number of rotatable bonds is 6. The number of methoxy groups -OCH3 is 1. The molecule has 1 saturated heterocycles. The molecule has 1 aliphatic heterocycles. The molecule has 3 rings (SSSR count). The molecule has 2 aromatic rings. The van der Waals surface area contributed by atoms with Gasteiger partial charge in [0, 0.05) is 31.0 Å². The number of benzene rings is 2. The number of ether oxygens (including phenoxy) is 1. The van der Waals surface area contributed by atoms with Gasteiger partial charge < -0.3 is 9.64 Å². The van der Waals surface area contributed by atoms with Crippen molar-refractivity contribution in [3.63, 3.8) is 0 Å². The molecule has 0 spiro atoms. The maximum absolute atomic E-state index is 12.6. The van der Waals surface area contributed by atoms with Crippen LogP contribution in [0.5, 0.6) is 5.75 Å². The average molecular weight is 365 g/mol. The first-order valence-corrected chi connectivity index (χ1v) is 9.58. The predicted octanol–water partition coefficient (Wildman–Crippen LogP) is 4.06. The van der Waals surface area contributed by atoms with Gasteiger partial charge in [-0.3, -0.25) is 9.59 Å². The minimum absolute atomic E-state index is 0.0262. The summed E-state index contributed by atoms with van der Waals surface area (Å²) in [6.07, 6.45) is 2.73. The Hall–Kier alpha value is -2.62. The summed E-state index contributed by atoms with van der Waals surface area (Å²) in [5, 5.41) is 0. The summed E-state index contributed by atoms with van der Waals surface area (Å²) in [6, 6.07) is 15.6. The fourth-order valence-corrected chi connectivity index (χ4v) is 3.55. The van der Waals surface area contributed by atoms with Gasteiger partial charge in [-0.1, -0.05) is 42.0 Å². The number of carbonyl (C=O) groups is 2. The van der Waals surface area contributed by atoms with Crippen LogP contribution < -0.4 is 4.74 Å². The summed E-state index contributed by atoms with van der Waals surface area (Å²) in [6.45, 7) is 3.36. The number of hydrogen-bond donors (Lipinski definition) is 0. The lowest BCUT2D eigenvalue weighted by molar-refractivity contribution is -0.132. The van der Waals surface area contributed by atoms with Crippen LogP contribution in [-0.2, 0) is 11.2 Å². The SMILES string of the molecule is COc1ccc(CCC(=O)N2CCC(C(=O)c3ccc(C)cc3)CC2)cc1. The number of piperidine rings is 1. The van der Waals surface area contributed by atoms with Crippen molar-refractivity contribution in [1.82, 2.24) is 4.90 Å². The quantitative estimate of drug-likeness (QED) is 0.725. The molecule has 1 heterocycles. The summed E-state index contributed by atoms with van der Waals surface area (Å²) in [5.74, 6) is 1.23. The van der Waals surface area contributed by atoms with E-state index in [0.717, 1.165) is 41.7 Å². The number of likely N-dealkylation sites (tertiary alicyclic amines) is 1. The average Bonchev–Trinajstić information content (AvgIpc) is 2.72. The number of carbonyl (C=O) groups excluding carboxylic acids is 2. The van der Waals surface area contributed by atoms with E-state index in [1.165, 1.54) is 0 Å². The normalized spacial score (nSPS) is 14.8. The molecule has 1 fully saturated rings. The van der Waals surface area contributed by atoms with Crippen LogP contribution in [0.15, 0.2) is 48.5 Å². The van der Waals surface area contributed by atoms with E-state index in [1.807, 2.05) is 60.4 Å². The predicted molar refractivity (Wildman–Crippen MR) is 106 cm³/mol. The molecule has 4 heteroatoms. The fraction of sp³-hybridized carbons (Fsp3) is 0.391. The van der Waals surface area contributed by atoms with Gasteiger partial charge in [0.1, 0.15) is 5.75 Å². The molecule has 0 N–H and O–H groups in total. The van der Waals surface area contributed by atoms with Crippen LogP contribution in [-0.4, -0.2) is 36.8 Å². The van der Waals surface area contributed by atoms with Gasteiger partial charge in [-0.15, -0.1) is 0 Å². The second-order valence-electron chi connectivity index (χ2n) is 7.23. The number of ketones is 1. The first kappa shape index (κ1) is 19.2. The van der Waals surface area contributed by atoms with Crippen LogP contribution in [0, 0.1) is 12.8 Å². The maximum Gasteiger partial charge on any atom is 0.222 e. The number of hydrogen-bond acceptors (Lipinski definition) is 3. The third kappa shape index (κ3) is 4.97. The molecule has 0 radical (unpaired) electrons. The van der Waals surface area contributed by atoms with Gasteiger partial charge in [0.05, 0.1) is 7.11 Å². The molecule has 0 bridgehead atoms. The zero-order chi connectivity index (χ0) is 19.2. The minimum Gasteiger partial charge on any atom is -0.497 e. The Labute approximate surface area is 161 Å². The molecular weight excluding hydrogens is 338 g/mol. The topological polar surface area (TPSA) is 46.6 Å². The highest BCUT2D eigenvalue weighted by atomic mass is 16.5. The second kappa shape index (κ2) is 8.85. The summed E-state index contributed by atoms with van der Waals surface area (Å²) in [7, 11) is 1.64. The summed E-state index contributed by atoms with van der Waals surface area (Å²) < 4.78 is 5.15. The van der Waals surface area contributed by atoms with E-state index >= 15 is 0 Å².